The molecule has 2 amide bonds. The largest absolute Gasteiger partial charge is 0.497 e. The molecule has 0 aliphatic rings. The summed E-state index contributed by atoms with van der Waals surface area (Å²) in [5, 5.41) is 3.00. The number of anilines is 1. The summed E-state index contributed by atoms with van der Waals surface area (Å²) in [7, 11) is -2.69. The van der Waals surface area contributed by atoms with Gasteiger partial charge in [-0.25, -0.2) is 8.42 Å². The number of sulfonamides is 1. The van der Waals surface area contributed by atoms with Crippen LogP contribution in [0.15, 0.2) is 119 Å². The minimum atomic E-state index is -4.19. The van der Waals surface area contributed by atoms with Gasteiger partial charge < -0.3 is 15.0 Å². The van der Waals surface area contributed by atoms with E-state index in [9.17, 15) is 18.0 Å². The molecular weight excluding hydrogens is 654 g/mol. The van der Waals surface area contributed by atoms with Crippen molar-refractivity contribution < 1.29 is 22.7 Å². The lowest BCUT2D eigenvalue weighted by molar-refractivity contribution is -0.140. The molecule has 0 spiro atoms. The standard InChI is InChI=1S/C35H38BrN3O5S/c1-26(2)23-37-35(41)33(22-27-10-6-4-7-11-27)38(24-28-14-16-29(36)17-15-28)34(40)25-39(30-12-8-5-9-13-30)45(42,43)32-20-18-31(44-3)19-21-32/h4-21,26,33H,22-25H2,1-3H3,(H,37,41). The Bertz CT molecular complexity index is 1650. The molecule has 10 heteroatoms. The number of rotatable bonds is 14. The zero-order chi connectivity index (χ0) is 32.4. The molecule has 4 rings (SSSR count). The molecule has 0 fully saturated rings. The van der Waals surface area contributed by atoms with E-state index in [1.54, 1.807) is 42.5 Å². The van der Waals surface area contributed by atoms with Crippen LogP contribution >= 0.6 is 15.9 Å². The average molecular weight is 693 g/mol. The van der Waals surface area contributed by atoms with E-state index in [4.69, 9.17) is 4.74 Å². The molecule has 1 atom stereocenters. The van der Waals surface area contributed by atoms with Gasteiger partial charge in [0.05, 0.1) is 17.7 Å². The number of benzene rings is 4. The lowest BCUT2D eigenvalue weighted by Crippen LogP contribution is -2.53. The first kappa shape index (κ1) is 33.7. The molecule has 236 valence electrons. The number of ether oxygens (including phenoxy) is 1. The predicted molar refractivity (Wildman–Crippen MR) is 180 cm³/mol. The molecular formula is C35H38BrN3O5S. The van der Waals surface area contributed by atoms with Gasteiger partial charge in [0.1, 0.15) is 18.3 Å². The van der Waals surface area contributed by atoms with Crippen molar-refractivity contribution in [3.05, 3.63) is 125 Å². The van der Waals surface area contributed by atoms with Crippen LogP contribution in [-0.4, -0.2) is 51.4 Å². The third-order valence-corrected chi connectivity index (χ3v) is 9.51. The maximum absolute atomic E-state index is 14.5. The van der Waals surface area contributed by atoms with E-state index in [0.29, 0.717) is 18.0 Å². The normalized spacial score (nSPS) is 11.9. The highest BCUT2D eigenvalue weighted by Crippen LogP contribution is 2.26. The number of methoxy groups -OCH3 is 1. The minimum absolute atomic E-state index is 0.00919. The fourth-order valence-corrected chi connectivity index (χ4v) is 6.44. The van der Waals surface area contributed by atoms with Crippen molar-refractivity contribution in [3.63, 3.8) is 0 Å². The summed E-state index contributed by atoms with van der Waals surface area (Å²) in [4.78, 5) is 29.8. The van der Waals surface area contributed by atoms with Crippen LogP contribution in [0, 0.1) is 5.92 Å². The molecule has 1 unspecified atom stereocenters. The first-order valence-corrected chi connectivity index (χ1v) is 16.9. The predicted octanol–water partition coefficient (Wildman–Crippen LogP) is 6.07. The fourth-order valence-electron chi connectivity index (χ4n) is 4.76. The van der Waals surface area contributed by atoms with Gasteiger partial charge in [-0.2, -0.15) is 0 Å². The lowest BCUT2D eigenvalue weighted by Gasteiger charge is -2.34. The summed E-state index contributed by atoms with van der Waals surface area (Å²) in [5.74, 6) is -0.111. The molecule has 45 heavy (non-hydrogen) atoms. The molecule has 0 saturated heterocycles. The summed E-state index contributed by atoms with van der Waals surface area (Å²) < 4.78 is 35.4. The smallest absolute Gasteiger partial charge is 0.264 e. The summed E-state index contributed by atoms with van der Waals surface area (Å²) >= 11 is 3.46. The van der Waals surface area contributed by atoms with Crippen LogP contribution in [0.3, 0.4) is 0 Å². The Kier molecular flexibility index (Phi) is 11.8. The van der Waals surface area contributed by atoms with Gasteiger partial charge >= 0.3 is 0 Å². The molecule has 0 heterocycles. The highest BCUT2D eigenvalue weighted by molar-refractivity contribution is 9.10. The van der Waals surface area contributed by atoms with Crippen LogP contribution in [0.25, 0.3) is 0 Å². The van der Waals surface area contributed by atoms with E-state index in [1.165, 1.54) is 24.1 Å². The van der Waals surface area contributed by atoms with Gasteiger partial charge in [0, 0.05) is 24.0 Å². The maximum atomic E-state index is 14.5. The monoisotopic (exact) mass is 691 g/mol. The summed E-state index contributed by atoms with van der Waals surface area (Å²) in [6, 6.07) is 30.6. The Hall–Kier alpha value is -4.15. The van der Waals surface area contributed by atoms with E-state index in [1.807, 2.05) is 68.4 Å². The number of nitrogens with zero attached hydrogens (tertiary/aromatic N) is 2. The second-order valence-electron chi connectivity index (χ2n) is 11.0. The topological polar surface area (TPSA) is 96.0 Å². The summed E-state index contributed by atoms with van der Waals surface area (Å²) in [6.07, 6.45) is 0.254. The number of hydrogen-bond acceptors (Lipinski definition) is 5. The fraction of sp³-hybridized carbons (Fsp3) is 0.257. The molecule has 0 aliphatic heterocycles. The molecule has 4 aromatic rings. The Labute approximate surface area is 274 Å². The Morgan fingerprint density at radius 3 is 2.00 bits per heavy atom. The van der Waals surface area contributed by atoms with Gasteiger partial charge in [-0.3, -0.25) is 13.9 Å². The zero-order valence-corrected chi connectivity index (χ0v) is 28.0. The molecule has 0 aromatic heterocycles. The first-order chi connectivity index (χ1) is 21.6. The molecule has 8 nitrogen and oxygen atoms in total. The van der Waals surface area contributed by atoms with Crippen LogP contribution in [0.4, 0.5) is 5.69 Å². The van der Waals surface area contributed by atoms with Gasteiger partial charge in [-0.1, -0.05) is 90.4 Å². The third kappa shape index (κ3) is 9.18. The number of carbonyl (C=O) groups excluding carboxylic acids is 2. The highest BCUT2D eigenvalue weighted by atomic mass is 79.9. The second kappa shape index (κ2) is 15.7. The summed E-state index contributed by atoms with van der Waals surface area (Å²) in [5.41, 5.74) is 2.00. The van der Waals surface area contributed by atoms with Crippen molar-refractivity contribution >= 4 is 43.5 Å². The molecule has 0 bridgehead atoms. The molecule has 4 aromatic carbocycles. The van der Waals surface area contributed by atoms with Crippen LogP contribution in [-0.2, 0) is 32.6 Å². The van der Waals surface area contributed by atoms with Crippen molar-refractivity contribution in [2.24, 2.45) is 5.92 Å². The molecule has 1 N–H and O–H groups in total. The summed E-state index contributed by atoms with van der Waals surface area (Å²) in [6.45, 7) is 4.02. The third-order valence-electron chi connectivity index (χ3n) is 7.19. The highest BCUT2D eigenvalue weighted by Gasteiger charge is 2.34. The van der Waals surface area contributed by atoms with Crippen molar-refractivity contribution in [2.75, 3.05) is 24.5 Å². The van der Waals surface area contributed by atoms with E-state index in [0.717, 1.165) is 19.9 Å². The number of halogens is 1. The Morgan fingerprint density at radius 1 is 0.822 bits per heavy atom. The average Bonchev–Trinajstić information content (AvgIpc) is 3.05. The Morgan fingerprint density at radius 2 is 1.42 bits per heavy atom. The quantitative estimate of drug-likeness (QED) is 0.173. The van der Waals surface area contributed by atoms with Gasteiger partial charge in [0.2, 0.25) is 11.8 Å². The van der Waals surface area contributed by atoms with Crippen molar-refractivity contribution in [3.8, 4) is 5.75 Å². The van der Waals surface area contributed by atoms with E-state index < -0.39 is 28.5 Å². The van der Waals surface area contributed by atoms with E-state index >= 15 is 0 Å². The number of hydrogen-bond donors (Lipinski definition) is 1. The number of para-hydroxylation sites is 1. The van der Waals surface area contributed by atoms with Gasteiger partial charge in [0.25, 0.3) is 10.0 Å². The van der Waals surface area contributed by atoms with Crippen LogP contribution in [0.5, 0.6) is 5.75 Å². The zero-order valence-electron chi connectivity index (χ0n) is 25.6. The van der Waals surface area contributed by atoms with Gasteiger partial charge in [-0.05, 0) is 65.6 Å². The van der Waals surface area contributed by atoms with Crippen molar-refractivity contribution in [2.45, 2.75) is 37.8 Å². The van der Waals surface area contributed by atoms with Crippen LogP contribution in [0.2, 0.25) is 0 Å². The van der Waals surface area contributed by atoms with E-state index in [-0.39, 0.29) is 29.7 Å². The number of nitrogens with one attached hydrogen (secondary N) is 1. The molecule has 0 radical (unpaired) electrons. The molecule has 0 aliphatic carbocycles. The maximum Gasteiger partial charge on any atom is 0.264 e. The van der Waals surface area contributed by atoms with Gasteiger partial charge in [-0.15, -0.1) is 0 Å². The first-order valence-electron chi connectivity index (χ1n) is 14.7. The lowest BCUT2D eigenvalue weighted by atomic mass is 10.0. The van der Waals surface area contributed by atoms with Crippen molar-refractivity contribution in [1.82, 2.24) is 10.2 Å². The van der Waals surface area contributed by atoms with Crippen LogP contribution < -0.4 is 14.4 Å². The molecule has 0 saturated carbocycles. The van der Waals surface area contributed by atoms with Crippen molar-refractivity contribution in [1.29, 1.82) is 0 Å². The second-order valence-corrected chi connectivity index (χ2v) is 13.8. The Balaban J connectivity index is 1.77. The number of amides is 2. The van der Waals surface area contributed by atoms with E-state index in [2.05, 4.69) is 21.2 Å². The SMILES string of the molecule is COc1ccc(S(=O)(=O)N(CC(=O)N(Cc2ccc(Br)cc2)C(Cc2ccccc2)C(=O)NCC(C)C)c2ccccc2)cc1. The van der Waals surface area contributed by atoms with Crippen LogP contribution in [0.1, 0.15) is 25.0 Å². The van der Waals surface area contributed by atoms with Gasteiger partial charge in [0.15, 0.2) is 0 Å². The number of carbonyl (C=O) groups is 2. The minimum Gasteiger partial charge on any atom is -0.497 e.